The van der Waals surface area contributed by atoms with Crippen molar-refractivity contribution in [2.75, 3.05) is 13.1 Å². The summed E-state index contributed by atoms with van der Waals surface area (Å²) in [5.41, 5.74) is 0.724. The minimum absolute atomic E-state index is 0.139. The summed E-state index contributed by atoms with van der Waals surface area (Å²) in [6.45, 7) is 1.32. The maximum absolute atomic E-state index is 14.1. The van der Waals surface area contributed by atoms with Gasteiger partial charge in [-0.3, -0.25) is 0 Å². The molecule has 0 aromatic heterocycles. The van der Waals surface area contributed by atoms with Gasteiger partial charge in [0, 0.05) is 18.9 Å². The van der Waals surface area contributed by atoms with Crippen LogP contribution >= 0.6 is 0 Å². The average Bonchev–Trinajstić information content (AvgIpc) is 2.58. The molecule has 0 saturated carbocycles. The van der Waals surface area contributed by atoms with Gasteiger partial charge >= 0.3 is 0 Å². The minimum atomic E-state index is -2.60. The number of hydrogen-bond donors (Lipinski definition) is 1. The van der Waals surface area contributed by atoms with E-state index in [-0.39, 0.29) is 6.42 Å². The fraction of sp³-hybridized carbons (Fsp3) is 0.571. The molecule has 1 heterocycles. The van der Waals surface area contributed by atoms with E-state index in [1.165, 1.54) is 0 Å². The molecule has 2 rings (SSSR count). The summed E-state index contributed by atoms with van der Waals surface area (Å²) in [7, 11) is 0. The van der Waals surface area contributed by atoms with Crippen LogP contribution in [0.25, 0.3) is 0 Å². The quantitative estimate of drug-likeness (QED) is 0.853. The van der Waals surface area contributed by atoms with Crippen molar-refractivity contribution in [1.82, 2.24) is 5.32 Å². The van der Waals surface area contributed by atoms with E-state index in [0.717, 1.165) is 24.9 Å². The van der Waals surface area contributed by atoms with Gasteiger partial charge in [-0.25, -0.2) is 8.78 Å². The summed E-state index contributed by atoms with van der Waals surface area (Å²) in [5.74, 6) is -3.12. The number of alkyl halides is 2. The molecule has 1 unspecified atom stereocenters. The van der Waals surface area contributed by atoms with E-state index in [0.29, 0.717) is 13.0 Å². The van der Waals surface area contributed by atoms with Gasteiger partial charge in [0.1, 0.15) is 0 Å². The van der Waals surface area contributed by atoms with Crippen LogP contribution in [-0.2, 0) is 6.42 Å². The lowest BCUT2D eigenvalue weighted by Gasteiger charge is -2.26. The molecule has 1 aromatic rings. The van der Waals surface area contributed by atoms with E-state index in [1.54, 1.807) is 12.1 Å². The third-order valence-corrected chi connectivity index (χ3v) is 3.43. The zero-order valence-electron chi connectivity index (χ0n) is 9.96. The number of halogens is 2. The number of rotatable bonds is 3. The standard InChI is InChI=1S/C14H19F2N/c15-14(16,10-12-6-2-1-3-7-12)13-8-4-5-9-17-11-13/h1-3,6-7,13,17H,4-5,8-11H2. The molecular weight excluding hydrogens is 220 g/mol. The van der Waals surface area contributed by atoms with E-state index < -0.39 is 11.8 Å². The zero-order chi connectivity index (χ0) is 12.1. The van der Waals surface area contributed by atoms with Gasteiger partial charge in [0.2, 0.25) is 0 Å². The van der Waals surface area contributed by atoms with Crippen molar-refractivity contribution in [2.24, 2.45) is 5.92 Å². The van der Waals surface area contributed by atoms with Crippen LogP contribution in [-0.4, -0.2) is 19.0 Å². The Morgan fingerprint density at radius 3 is 2.71 bits per heavy atom. The number of benzene rings is 1. The second-order valence-electron chi connectivity index (χ2n) is 4.82. The van der Waals surface area contributed by atoms with Gasteiger partial charge in [-0.15, -0.1) is 0 Å². The predicted molar refractivity (Wildman–Crippen MR) is 65.3 cm³/mol. The van der Waals surface area contributed by atoms with Crippen molar-refractivity contribution in [1.29, 1.82) is 0 Å². The molecular formula is C14H19F2N. The average molecular weight is 239 g/mol. The van der Waals surface area contributed by atoms with Crippen molar-refractivity contribution >= 4 is 0 Å². The van der Waals surface area contributed by atoms with E-state index >= 15 is 0 Å². The molecule has 0 spiro atoms. The van der Waals surface area contributed by atoms with Crippen LogP contribution in [0.4, 0.5) is 8.78 Å². The van der Waals surface area contributed by atoms with Crippen LogP contribution in [0, 0.1) is 5.92 Å². The van der Waals surface area contributed by atoms with Crippen LogP contribution in [0.3, 0.4) is 0 Å². The number of hydrogen-bond acceptors (Lipinski definition) is 1. The molecule has 0 bridgehead atoms. The van der Waals surface area contributed by atoms with Crippen LogP contribution in [0.15, 0.2) is 30.3 Å². The zero-order valence-corrected chi connectivity index (χ0v) is 9.96. The maximum Gasteiger partial charge on any atom is 0.256 e. The molecule has 1 saturated heterocycles. The van der Waals surface area contributed by atoms with Crippen molar-refractivity contribution in [2.45, 2.75) is 31.6 Å². The van der Waals surface area contributed by atoms with Crippen molar-refractivity contribution in [3.63, 3.8) is 0 Å². The molecule has 94 valence electrons. The Labute approximate surface area is 101 Å². The Hall–Kier alpha value is -0.960. The second kappa shape index (κ2) is 5.58. The van der Waals surface area contributed by atoms with Crippen LogP contribution in [0.1, 0.15) is 24.8 Å². The maximum atomic E-state index is 14.1. The lowest BCUT2D eigenvalue weighted by molar-refractivity contribution is -0.0582. The first-order valence-electron chi connectivity index (χ1n) is 6.31. The number of nitrogens with one attached hydrogen (secondary N) is 1. The summed E-state index contributed by atoms with van der Waals surface area (Å²) in [6, 6.07) is 9.04. The lowest BCUT2D eigenvalue weighted by Crippen LogP contribution is -2.37. The second-order valence-corrected chi connectivity index (χ2v) is 4.82. The van der Waals surface area contributed by atoms with Gasteiger partial charge in [0.15, 0.2) is 0 Å². The molecule has 1 N–H and O–H groups in total. The third-order valence-electron chi connectivity index (χ3n) is 3.43. The van der Waals surface area contributed by atoms with Gasteiger partial charge in [-0.1, -0.05) is 36.8 Å². The first-order valence-corrected chi connectivity index (χ1v) is 6.31. The van der Waals surface area contributed by atoms with Gasteiger partial charge in [-0.2, -0.15) is 0 Å². The molecule has 1 nitrogen and oxygen atoms in total. The van der Waals surface area contributed by atoms with Crippen LogP contribution in [0.2, 0.25) is 0 Å². The molecule has 1 aliphatic heterocycles. The summed E-state index contributed by atoms with van der Waals surface area (Å²) in [5, 5.41) is 3.11. The lowest BCUT2D eigenvalue weighted by atomic mass is 9.91. The van der Waals surface area contributed by atoms with Crippen molar-refractivity contribution in [3.05, 3.63) is 35.9 Å². The first-order chi connectivity index (χ1) is 8.18. The Kier molecular flexibility index (Phi) is 4.11. The normalized spacial score (nSPS) is 22.1. The Morgan fingerprint density at radius 1 is 1.18 bits per heavy atom. The highest BCUT2D eigenvalue weighted by atomic mass is 19.3. The Balaban J connectivity index is 2.01. The monoisotopic (exact) mass is 239 g/mol. The largest absolute Gasteiger partial charge is 0.316 e. The van der Waals surface area contributed by atoms with E-state index in [9.17, 15) is 8.78 Å². The van der Waals surface area contributed by atoms with Crippen molar-refractivity contribution in [3.8, 4) is 0 Å². The smallest absolute Gasteiger partial charge is 0.256 e. The first kappa shape index (κ1) is 12.5. The molecule has 1 aliphatic rings. The third kappa shape index (κ3) is 3.50. The van der Waals surface area contributed by atoms with Gasteiger partial charge in [0.05, 0.1) is 0 Å². The fourth-order valence-corrected chi connectivity index (χ4v) is 2.39. The highest BCUT2D eigenvalue weighted by molar-refractivity contribution is 5.16. The topological polar surface area (TPSA) is 12.0 Å². The highest BCUT2D eigenvalue weighted by Gasteiger charge is 2.39. The molecule has 0 radical (unpaired) electrons. The van der Waals surface area contributed by atoms with Gasteiger partial charge < -0.3 is 5.32 Å². The molecule has 0 aliphatic carbocycles. The summed E-state index contributed by atoms with van der Waals surface area (Å²) < 4.78 is 28.3. The van der Waals surface area contributed by atoms with E-state index in [1.807, 2.05) is 18.2 Å². The van der Waals surface area contributed by atoms with Gasteiger partial charge in [-0.05, 0) is 24.9 Å². The Bertz CT molecular complexity index is 329. The van der Waals surface area contributed by atoms with Crippen LogP contribution < -0.4 is 5.32 Å². The molecule has 1 fully saturated rings. The molecule has 1 aromatic carbocycles. The fourth-order valence-electron chi connectivity index (χ4n) is 2.39. The Morgan fingerprint density at radius 2 is 1.94 bits per heavy atom. The molecule has 0 amide bonds. The summed E-state index contributed by atoms with van der Waals surface area (Å²) >= 11 is 0. The van der Waals surface area contributed by atoms with E-state index in [2.05, 4.69) is 5.32 Å². The summed E-state index contributed by atoms with van der Waals surface area (Å²) in [6.07, 6.45) is 2.41. The predicted octanol–water partition coefficient (Wildman–Crippen LogP) is 3.25. The van der Waals surface area contributed by atoms with E-state index in [4.69, 9.17) is 0 Å². The molecule has 3 heteroatoms. The van der Waals surface area contributed by atoms with Crippen LogP contribution in [0.5, 0.6) is 0 Å². The SMILES string of the molecule is FC(F)(Cc1ccccc1)C1CCCCNC1. The summed E-state index contributed by atoms with van der Waals surface area (Å²) in [4.78, 5) is 0. The van der Waals surface area contributed by atoms with Gasteiger partial charge in [0.25, 0.3) is 5.92 Å². The van der Waals surface area contributed by atoms with Crippen molar-refractivity contribution < 1.29 is 8.78 Å². The highest BCUT2D eigenvalue weighted by Crippen LogP contribution is 2.32. The molecule has 17 heavy (non-hydrogen) atoms. The minimum Gasteiger partial charge on any atom is -0.316 e. The molecule has 1 atom stereocenters.